The second-order valence-electron chi connectivity index (χ2n) is 3.89. The normalized spacial score (nSPS) is 27.1. The van der Waals surface area contributed by atoms with Crippen molar-refractivity contribution in [3.63, 3.8) is 0 Å². The number of hydrogen-bond acceptors (Lipinski definition) is 4. The van der Waals surface area contributed by atoms with Gasteiger partial charge in [0.2, 0.25) is 0 Å². The third-order valence-electron chi connectivity index (χ3n) is 2.98. The first-order valence-electron chi connectivity index (χ1n) is 5.12. The van der Waals surface area contributed by atoms with Crippen LogP contribution in [-0.2, 0) is 9.84 Å². The van der Waals surface area contributed by atoms with Crippen molar-refractivity contribution in [3.05, 3.63) is 29.8 Å². The average Bonchev–Trinajstić information content (AvgIpc) is 2.27. The van der Waals surface area contributed by atoms with Crippen LogP contribution in [0.2, 0.25) is 0 Å². The summed E-state index contributed by atoms with van der Waals surface area (Å²) in [6.07, 6.45) is 0. The minimum absolute atomic E-state index is 0.0127. The highest BCUT2D eigenvalue weighted by Crippen LogP contribution is 2.40. The van der Waals surface area contributed by atoms with Crippen LogP contribution in [0.4, 0.5) is 0 Å². The second kappa shape index (κ2) is 4.07. The number of methoxy groups -OCH3 is 1. The molecule has 88 valence electrons. The molecular formula is C11H15NO3S. The fourth-order valence-electron chi connectivity index (χ4n) is 2.12. The third kappa shape index (κ3) is 1.70. The highest BCUT2D eigenvalue weighted by Gasteiger charge is 2.47. The van der Waals surface area contributed by atoms with E-state index in [9.17, 15) is 8.42 Å². The van der Waals surface area contributed by atoms with Crippen molar-refractivity contribution in [2.75, 3.05) is 19.9 Å². The summed E-state index contributed by atoms with van der Waals surface area (Å²) in [4.78, 5) is 0. The second-order valence-corrected chi connectivity index (χ2v) is 6.05. The van der Waals surface area contributed by atoms with Crippen molar-refractivity contribution in [1.29, 1.82) is 0 Å². The molecule has 0 aromatic heterocycles. The van der Waals surface area contributed by atoms with E-state index in [-0.39, 0.29) is 11.8 Å². The molecule has 1 aromatic rings. The molecule has 1 saturated heterocycles. The largest absolute Gasteiger partial charge is 0.496 e. The Morgan fingerprint density at radius 1 is 1.38 bits per heavy atom. The minimum atomic E-state index is -3.01. The summed E-state index contributed by atoms with van der Waals surface area (Å²) < 4.78 is 28.7. The first-order valence-corrected chi connectivity index (χ1v) is 6.83. The number of hydrogen-bond donors (Lipinski definition) is 1. The maximum absolute atomic E-state index is 11.8. The maximum Gasteiger partial charge on any atom is 0.160 e. The first-order chi connectivity index (χ1) is 7.60. The molecule has 1 fully saturated rings. The molecule has 1 heterocycles. The molecule has 0 bridgehead atoms. The molecule has 2 atom stereocenters. The van der Waals surface area contributed by atoms with E-state index >= 15 is 0 Å². The van der Waals surface area contributed by atoms with Crippen LogP contribution in [0.25, 0.3) is 0 Å². The fraction of sp³-hybridized carbons (Fsp3) is 0.455. The highest BCUT2D eigenvalue weighted by atomic mass is 32.2. The standard InChI is InChI=1S/C11H15NO3S/c1-12-9-7-16(13,14)11(9)8-5-3-4-6-10(8)15-2/h3-6,9,11-12H,7H2,1-2H3. The monoisotopic (exact) mass is 241 g/mol. The Labute approximate surface area is 95.5 Å². The van der Waals surface area contributed by atoms with Crippen LogP contribution in [0.1, 0.15) is 10.8 Å². The Kier molecular flexibility index (Phi) is 2.90. The molecule has 0 radical (unpaired) electrons. The van der Waals surface area contributed by atoms with Gasteiger partial charge in [-0.3, -0.25) is 0 Å². The molecule has 2 unspecified atom stereocenters. The van der Waals surface area contributed by atoms with Crippen molar-refractivity contribution in [2.24, 2.45) is 0 Å². The van der Waals surface area contributed by atoms with Gasteiger partial charge in [0, 0.05) is 11.6 Å². The molecule has 5 heteroatoms. The molecule has 0 saturated carbocycles. The van der Waals surface area contributed by atoms with Gasteiger partial charge in [-0.05, 0) is 13.1 Å². The van der Waals surface area contributed by atoms with Gasteiger partial charge in [0.15, 0.2) is 9.84 Å². The van der Waals surface area contributed by atoms with Gasteiger partial charge >= 0.3 is 0 Å². The van der Waals surface area contributed by atoms with E-state index in [0.29, 0.717) is 5.75 Å². The number of ether oxygens (including phenoxy) is 1. The van der Waals surface area contributed by atoms with Crippen molar-refractivity contribution >= 4 is 9.84 Å². The van der Waals surface area contributed by atoms with Crippen molar-refractivity contribution in [3.8, 4) is 5.75 Å². The molecule has 0 aliphatic carbocycles. The summed E-state index contributed by atoms with van der Waals surface area (Å²) in [6, 6.07) is 7.25. The van der Waals surface area contributed by atoms with Crippen LogP contribution in [0.5, 0.6) is 5.75 Å². The molecule has 1 aromatic carbocycles. The van der Waals surface area contributed by atoms with Crippen molar-refractivity contribution in [1.82, 2.24) is 5.32 Å². The number of sulfone groups is 1. The van der Waals surface area contributed by atoms with Crippen LogP contribution in [0, 0.1) is 0 Å². The number of benzene rings is 1. The lowest BCUT2D eigenvalue weighted by Crippen LogP contribution is -2.52. The molecule has 2 rings (SSSR count). The van der Waals surface area contributed by atoms with Gasteiger partial charge in [0.25, 0.3) is 0 Å². The van der Waals surface area contributed by atoms with E-state index < -0.39 is 15.1 Å². The van der Waals surface area contributed by atoms with Gasteiger partial charge in [0.05, 0.1) is 12.9 Å². The van der Waals surface area contributed by atoms with Gasteiger partial charge in [-0.25, -0.2) is 8.42 Å². The van der Waals surface area contributed by atoms with Gasteiger partial charge in [-0.2, -0.15) is 0 Å². The third-order valence-corrected chi connectivity index (χ3v) is 5.16. The van der Waals surface area contributed by atoms with Crippen LogP contribution in [0.3, 0.4) is 0 Å². The smallest absolute Gasteiger partial charge is 0.160 e. The average molecular weight is 241 g/mol. The molecule has 4 nitrogen and oxygen atoms in total. The quantitative estimate of drug-likeness (QED) is 0.848. The Hall–Kier alpha value is -1.07. The molecule has 1 aliphatic heterocycles. The van der Waals surface area contributed by atoms with Crippen LogP contribution >= 0.6 is 0 Å². The number of nitrogens with one attached hydrogen (secondary N) is 1. The van der Waals surface area contributed by atoms with Gasteiger partial charge in [-0.15, -0.1) is 0 Å². The Balaban J connectivity index is 2.43. The predicted molar refractivity (Wildman–Crippen MR) is 62.4 cm³/mol. The van der Waals surface area contributed by atoms with Gasteiger partial charge < -0.3 is 10.1 Å². The van der Waals surface area contributed by atoms with Gasteiger partial charge in [-0.1, -0.05) is 18.2 Å². The van der Waals surface area contributed by atoms with E-state index in [2.05, 4.69) is 5.32 Å². The van der Waals surface area contributed by atoms with E-state index in [1.54, 1.807) is 20.2 Å². The SMILES string of the molecule is CNC1CS(=O)(=O)C1c1ccccc1OC. The lowest BCUT2D eigenvalue weighted by atomic mass is 10.0. The lowest BCUT2D eigenvalue weighted by molar-refractivity contribution is 0.400. The van der Waals surface area contributed by atoms with Crippen LogP contribution < -0.4 is 10.1 Å². The zero-order valence-electron chi connectivity index (χ0n) is 9.30. The fourth-order valence-corrected chi connectivity index (χ4v) is 4.14. The first kappa shape index (κ1) is 11.4. The van der Waals surface area contributed by atoms with Crippen molar-refractivity contribution < 1.29 is 13.2 Å². The number of para-hydroxylation sites is 1. The highest BCUT2D eigenvalue weighted by molar-refractivity contribution is 7.93. The van der Waals surface area contributed by atoms with Gasteiger partial charge in [0.1, 0.15) is 11.0 Å². The minimum Gasteiger partial charge on any atom is -0.496 e. The maximum atomic E-state index is 11.8. The molecule has 1 aliphatic rings. The summed E-state index contributed by atoms with van der Waals surface area (Å²) >= 11 is 0. The number of rotatable bonds is 3. The molecule has 0 amide bonds. The Morgan fingerprint density at radius 3 is 2.62 bits per heavy atom. The summed E-state index contributed by atoms with van der Waals surface area (Å²) in [5, 5.41) is 2.54. The van der Waals surface area contributed by atoms with E-state index in [1.807, 2.05) is 18.2 Å². The molecule has 1 N–H and O–H groups in total. The summed E-state index contributed by atoms with van der Waals surface area (Å²) in [5.41, 5.74) is 0.746. The summed E-state index contributed by atoms with van der Waals surface area (Å²) in [7, 11) is 0.322. The van der Waals surface area contributed by atoms with Crippen molar-refractivity contribution in [2.45, 2.75) is 11.3 Å². The zero-order valence-corrected chi connectivity index (χ0v) is 10.1. The van der Waals surface area contributed by atoms with Crippen LogP contribution in [0.15, 0.2) is 24.3 Å². The summed E-state index contributed by atoms with van der Waals surface area (Å²) in [6.45, 7) is 0. The topological polar surface area (TPSA) is 55.4 Å². The van der Waals surface area contributed by atoms with Crippen LogP contribution in [-0.4, -0.2) is 34.4 Å². The molecular weight excluding hydrogens is 226 g/mol. The Bertz CT molecular complexity index is 484. The van der Waals surface area contributed by atoms with E-state index in [4.69, 9.17) is 4.74 Å². The summed E-state index contributed by atoms with van der Waals surface area (Å²) in [5.74, 6) is 0.836. The molecule has 16 heavy (non-hydrogen) atoms. The zero-order chi connectivity index (χ0) is 11.8. The van der Waals surface area contributed by atoms with E-state index in [0.717, 1.165) is 5.56 Å². The van der Waals surface area contributed by atoms with E-state index in [1.165, 1.54) is 0 Å². The predicted octanol–water partition coefficient (Wildman–Crippen LogP) is 0.753. The number of likely N-dealkylation sites (N-methyl/N-ethyl adjacent to an activating group) is 1. The lowest BCUT2D eigenvalue weighted by Gasteiger charge is -2.36. The molecule has 0 spiro atoms. The Morgan fingerprint density at radius 2 is 2.06 bits per heavy atom.